The Labute approximate surface area is 143 Å². The van der Waals surface area contributed by atoms with Crippen LogP contribution in [0.4, 0.5) is 0 Å². The normalized spacial score (nSPS) is 10.6. The van der Waals surface area contributed by atoms with Gasteiger partial charge in [-0.25, -0.2) is 0 Å². The first-order chi connectivity index (χ1) is 11.1. The first-order valence-corrected chi connectivity index (χ1v) is 7.87. The summed E-state index contributed by atoms with van der Waals surface area (Å²) in [6, 6.07) is 11.9. The van der Waals surface area contributed by atoms with Crippen molar-refractivity contribution in [2.45, 2.75) is 6.92 Å². The molecule has 0 aliphatic heterocycles. The summed E-state index contributed by atoms with van der Waals surface area (Å²) in [6.07, 6.45) is 1.72. The fourth-order valence-corrected chi connectivity index (χ4v) is 2.83. The van der Waals surface area contributed by atoms with Crippen LogP contribution in [-0.2, 0) is 0 Å². The largest absolute Gasteiger partial charge is 0.493 e. The fraction of sp³-hybridized carbons (Fsp3) is 0.167. The van der Waals surface area contributed by atoms with Crippen LogP contribution in [0.5, 0.6) is 11.5 Å². The number of hydrogen-bond donors (Lipinski definition) is 0. The Morgan fingerprint density at radius 3 is 2.39 bits per heavy atom. The van der Waals surface area contributed by atoms with E-state index in [1.165, 1.54) is 0 Å². The first kappa shape index (κ1) is 15.6. The summed E-state index contributed by atoms with van der Waals surface area (Å²) < 4.78 is 17.3. The molecule has 2 aromatic carbocycles. The summed E-state index contributed by atoms with van der Waals surface area (Å²) in [5, 5.41) is 3.97. The van der Waals surface area contributed by atoms with Gasteiger partial charge in [0.25, 0.3) is 0 Å². The Balaban J connectivity index is 2.12. The predicted octanol–water partition coefficient (Wildman–Crippen LogP) is 5.10. The van der Waals surface area contributed by atoms with Crippen molar-refractivity contribution < 1.29 is 14.0 Å². The van der Waals surface area contributed by atoms with Crippen molar-refractivity contribution in [1.82, 2.24) is 5.16 Å². The van der Waals surface area contributed by atoms with Crippen molar-refractivity contribution in [3.63, 3.8) is 0 Å². The Kier molecular flexibility index (Phi) is 4.39. The van der Waals surface area contributed by atoms with Crippen molar-refractivity contribution >= 4 is 15.9 Å². The van der Waals surface area contributed by atoms with Crippen molar-refractivity contribution in [2.75, 3.05) is 14.2 Å². The molecule has 23 heavy (non-hydrogen) atoms. The van der Waals surface area contributed by atoms with Gasteiger partial charge in [-0.2, -0.15) is 0 Å². The maximum Gasteiger partial charge on any atom is 0.174 e. The molecule has 0 saturated carbocycles. The Morgan fingerprint density at radius 1 is 1.00 bits per heavy atom. The van der Waals surface area contributed by atoms with E-state index in [1.807, 2.05) is 43.3 Å². The monoisotopic (exact) mass is 373 g/mol. The summed E-state index contributed by atoms with van der Waals surface area (Å²) >= 11 is 3.44. The van der Waals surface area contributed by atoms with Gasteiger partial charge >= 0.3 is 0 Å². The molecule has 118 valence electrons. The summed E-state index contributed by atoms with van der Waals surface area (Å²) in [4.78, 5) is 0. The number of benzene rings is 2. The Morgan fingerprint density at radius 2 is 1.74 bits per heavy atom. The second-order valence-corrected chi connectivity index (χ2v) is 6.02. The van der Waals surface area contributed by atoms with E-state index in [0.29, 0.717) is 5.75 Å². The smallest absolute Gasteiger partial charge is 0.174 e. The van der Waals surface area contributed by atoms with Crippen LogP contribution in [0.2, 0.25) is 0 Å². The molecular formula is C18H16BrNO3. The molecule has 0 saturated heterocycles. The van der Waals surface area contributed by atoms with Crippen molar-refractivity contribution in [3.05, 3.63) is 52.6 Å². The van der Waals surface area contributed by atoms with E-state index in [-0.39, 0.29) is 0 Å². The minimum absolute atomic E-state index is 0.686. The predicted molar refractivity (Wildman–Crippen MR) is 92.9 cm³/mol. The highest BCUT2D eigenvalue weighted by molar-refractivity contribution is 9.10. The summed E-state index contributed by atoms with van der Waals surface area (Å²) in [5.74, 6) is 2.15. The first-order valence-electron chi connectivity index (χ1n) is 7.07. The maximum absolute atomic E-state index is 5.48. The topological polar surface area (TPSA) is 44.5 Å². The molecule has 0 spiro atoms. The van der Waals surface area contributed by atoms with Gasteiger partial charge < -0.3 is 14.0 Å². The van der Waals surface area contributed by atoms with Gasteiger partial charge in [0.1, 0.15) is 0 Å². The number of hydrogen-bond acceptors (Lipinski definition) is 4. The molecule has 3 rings (SSSR count). The van der Waals surface area contributed by atoms with Gasteiger partial charge in [-0.1, -0.05) is 21.1 Å². The van der Waals surface area contributed by atoms with Gasteiger partial charge in [-0.3, -0.25) is 0 Å². The lowest BCUT2D eigenvalue weighted by Crippen LogP contribution is -1.94. The van der Waals surface area contributed by atoms with Gasteiger partial charge in [0.15, 0.2) is 17.3 Å². The lowest BCUT2D eigenvalue weighted by atomic mass is 10.00. The average Bonchev–Trinajstić information content (AvgIpc) is 3.04. The molecule has 0 aliphatic carbocycles. The molecule has 0 unspecified atom stereocenters. The molecule has 0 N–H and O–H groups in total. The minimum atomic E-state index is 0.686. The van der Waals surface area contributed by atoms with Gasteiger partial charge in [0.2, 0.25) is 0 Å². The van der Waals surface area contributed by atoms with E-state index in [9.17, 15) is 0 Å². The van der Waals surface area contributed by atoms with Crippen LogP contribution >= 0.6 is 15.9 Å². The molecule has 0 amide bonds. The average molecular weight is 374 g/mol. The van der Waals surface area contributed by atoms with Crippen molar-refractivity contribution in [3.8, 4) is 33.9 Å². The minimum Gasteiger partial charge on any atom is -0.493 e. The van der Waals surface area contributed by atoms with E-state index < -0.39 is 0 Å². The third kappa shape index (κ3) is 2.97. The molecule has 0 bridgehead atoms. The van der Waals surface area contributed by atoms with E-state index in [2.05, 4.69) is 21.1 Å². The number of halogens is 1. The number of ether oxygens (including phenoxy) is 2. The molecule has 3 aromatic rings. The lowest BCUT2D eigenvalue weighted by molar-refractivity contribution is 0.353. The highest BCUT2D eigenvalue weighted by Crippen LogP contribution is 2.39. The molecule has 4 nitrogen and oxygen atoms in total. The Bertz CT molecular complexity index is 825. The molecule has 1 heterocycles. The SMILES string of the molecule is COc1cc(-c2cnoc2-c2ccc(Br)cc2)cc(C)c1OC. The van der Waals surface area contributed by atoms with E-state index in [1.54, 1.807) is 20.4 Å². The summed E-state index contributed by atoms with van der Waals surface area (Å²) in [5.41, 5.74) is 3.84. The zero-order valence-corrected chi connectivity index (χ0v) is 14.7. The molecule has 0 fully saturated rings. The molecule has 1 aromatic heterocycles. The molecule has 0 radical (unpaired) electrons. The zero-order valence-electron chi connectivity index (χ0n) is 13.1. The van der Waals surface area contributed by atoms with Crippen molar-refractivity contribution in [2.24, 2.45) is 0 Å². The van der Waals surface area contributed by atoms with Crippen LogP contribution in [0, 0.1) is 6.92 Å². The van der Waals surface area contributed by atoms with Crippen LogP contribution in [0.15, 0.2) is 51.6 Å². The third-order valence-electron chi connectivity index (χ3n) is 3.65. The van der Waals surface area contributed by atoms with Gasteiger partial charge in [-0.15, -0.1) is 0 Å². The summed E-state index contributed by atoms with van der Waals surface area (Å²) in [6.45, 7) is 1.98. The van der Waals surface area contributed by atoms with Crippen LogP contribution in [-0.4, -0.2) is 19.4 Å². The van der Waals surface area contributed by atoms with Crippen LogP contribution in [0.1, 0.15) is 5.56 Å². The van der Waals surface area contributed by atoms with Crippen LogP contribution < -0.4 is 9.47 Å². The molecule has 5 heteroatoms. The second kappa shape index (κ2) is 6.46. The van der Waals surface area contributed by atoms with E-state index >= 15 is 0 Å². The third-order valence-corrected chi connectivity index (χ3v) is 4.18. The van der Waals surface area contributed by atoms with E-state index in [4.69, 9.17) is 14.0 Å². The van der Waals surface area contributed by atoms with Crippen molar-refractivity contribution in [1.29, 1.82) is 0 Å². The highest BCUT2D eigenvalue weighted by atomic mass is 79.9. The van der Waals surface area contributed by atoms with Gasteiger partial charge in [0.05, 0.1) is 20.4 Å². The quantitative estimate of drug-likeness (QED) is 0.638. The van der Waals surface area contributed by atoms with Crippen LogP contribution in [0.25, 0.3) is 22.5 Å². The Hall–Kier alpha value is -2.27. The second-order valence-electron chi connectivity index (χ2n) is 5.10. The van der Waals surface area contributed by atoms with E-state index in [0.717, 1.165) is 38.2 Å². The zero-order chi connectivity index (χ0) is 16.4. The number of methoxy groups -OCH3 is 2. The maximum atomic E-state index is 5.48. The number of nitrogens with zero attached hydrogens (tertiary/aromatic N) is 1. The number of rotatable bonds is 4. The molecular weight excluding hydrogens is 358 g/mol. The number of aryl methyl sites for hydroxylation is 1. The molecule has 0 aliphatic rings. The van der Waals surface area contributed by atoms with Crippen LogP contribution in [0.3, 0.4) is 0 Å². The summed E-state index contributed by atoms with van der Waals surface area (Å²) in [7, 11) is 3.27. The standard InChI is InChI=1S/C18H16BrNO3/c1-11-8-13(9-16(21-2)17(11)22-3)15-10-20-23-18(15)12-4-6-14(19)7-5-12/h4-10H,1-3H3. The van der Waals surface area contributed by atoms with Gasteiger partial charge in [-0.05, 0) is 54.4 Å². The lowest BCUT2D eigenvalue weighted by Gasteiger charge is -2.12. The highest BCUT2D eigenvalue weighted by Gasteiger charge is 2.16. The molecule has 0 atom stereocenters. The number of aromatic nitrogens is 1. The van der Waals surface area contributed by atoms with Gasteiger partial charge in [0, 0.05) is 15.6 Å². The fourth-order valence-electron chi connectivity index (χ4n) is 2.56.